The maximum atomic E-state index is 13.8. The highest BCUT2D eigenvalue weighted by atomic mass is 16.5. The predicted molar refractivity (Wildman–Crippen MR) is 141 cm³/mol. The summed E-state index contributed by atoms with van der Waals surface area (Å²) in [6.45, 7) is 2.20. The third-order valence-corrected chi connectivity index (χ3v) is 6.99. The van der Waals surface area contributed by atoms with Gasteiger partial charge in [0, 0.05) is 39.0 Å². The number of rotatable bonds is 9. The van der Waals surface area contributed by atoms with E-state index < -0.39 is 5.54 Å². The molecular weight excluding hydrogens is 474 g/mol. The van der Waals surface area contributed by atoms with Crippen LogP contribution in [0.4, 0.5) is 16.2 Å². The second-order valence-corrected chi connectivity index (χ2v) is 9.25. The number of anilines is 2. The number of urea groups is 1. The van der Waals surface area contributed by atoms with Gasteiger partial charge in [-0.25, -0.2) is 4.79 Å². The van der Waals surface area contributed by atoms with Gasteiger partial charge < -0.3 is 34.8 Å². The average molecular weight is 510 g/mol. The van der Waals surface area contributed by atoms with E-state index in [9.17, 15) is 14.4 Å². The fourth-order valence-electron chi connectivity index (χ4n) is 5.02. The van der Waals surface area contributed by atoms with Gasteiger partial charge in [-0.1, -0.05) is 30.3 Å². The second-order valence-electron chi connectivity index (χ2n) is 9.25. The quantitative estimate of drug-likeness (QED) is 0.504. The Morgan fingerprint density at radius 3 is 2.41 bits per heavy atom. The van der Waals surface area contributed by atoms with Crippen molar-refractivity contribution in [1.82, 2.24) is 15.1 Å². The van der Waals surface area contributed by atoms with Crippen LogP contribution >= 0.6 is 0 Å². The van der Waals surface area contributed by atoms with Crippen LogP contribution in [0.15, 0.2) is 54.6 Å². The summed E-state index contributed by atoms with van der Waals surface area (Å²) < 4.78 is 10.4. The van der Waals surface area contributed by atoms with E-state index in [1.54, 1.807) is 36.2 Å². The number of methoxy groups -OCH3 is 2. The van der Waals surface area contributed by atoms with Gasteiger partial charge in [-0.05, 0) is 43.5 Å². The molecule has 2 aliphatic rings. The third kappa shape index (κ3) is 5.80. The number of nitrogens with one attached hydrogen (secondary N) is 2. The van der Waals surface area contributed by atoms with E-state index in [2.05, 4.69) is 15.5 Å². The molecule has 2 fully saturated rings. The number of amides is 4. The fraction of sp³-hybridized carbons (Fsp3) is 0.444. The number of nitrogens with zero attached hydrogens (tertiary/aromatic N) is 3. The Labute approximate surface area is 217 Å². The molecule has 2 saturated heterocycles. The first kappa shape index (κ1) is 26.3. The Morgan fingerprint density at radius 1 is 1.00 bits per heavy atom. The van der Waals surface area contributed by atoms with Crippen LogP contribution in [0.2, 0.25) is 0 Å². The van der Waals surface area contributed by atoms with E-state index >= 15 is 0 Å². The molecule has 0 atom stereocenters. The number of carbonyl (C=O) groups is 3. The van der Waals surface area contributed by atoms with Gasteiger partial charge in [-0.15, -0.1) is 0 Å². The van der Waals surface area contributed by atoms with Crippen molar-refractivity contribution in [3.8, 4) is 5.75 Å². The molecule has 2 N–H and O–H groups in total. The SMILES string of the molecule is COCCCNC(=O)CN1CN(c2ccccc2)C2(CCN(C(=O)Nc3ccccc3OC)CC2)C1=O. The molecule has 0 aliphatic carbocycles. The Hall–Kier alpha value is -3.79. The molecule has 0 aromatic heterocycles. The van der Waals surface area contributed by atoms with Crippen molar-refractivity contribution < 1.29 is 23.9 Å². The fourth-order valence-corrected chi connectivity index (χ4v) is 5.02. The number of hydrogen-bond acceptors (Lipinski definition) is 6. The number of hydrogen-bond donors (Lipinski definition) is 2. The molecule has 0 saturated carbocycles. The summed E-state index contributed by atoms with van der Waals surface area (Å²) >= 11 is 0. The first-order chi connectivity index (χ1) is 18.0. The van der Waals surface area contributed by atoms with Crippen LogP contribution in [0, 0.1) is 0 Å². The molecule has 198 valence electrons. The van der Waals surface area contributed by atoms with Crippen molar-refractivity contribution in [1.29, 1.82) is 0 Å². The van der Waals surface area contributed by atoms with E-state index in [4.69, 9.17) is 9.47 Å². The van der Waals surface area contributed by atoms with Crippen molar-refractivity contribution in [2.24, 2.45) is 0 Å². The lowest BCUT2D eigenvalue weighted by Gasteiger charge is -2.43. The standard InChI is InChI=1S/C27H35N5O5/c1-36-18-8-15-28-24(33)19-31-20-32(21-9-4-3-5-10-21)27(25(31)34)13-16-30(17-14-27)26(35)29-22-11-6-7-12-23(22)37-2/h3-7,9-12H,8,13-20H2,1-2H3,(H,28,33)(H,29,35). The van der Waals surface area contributed by atoms with Gasteiger partial charge in [0.25, 0.3) is 5.91 Å². The summed E-state index contributed by atoms with van der Waals surface area (Å²) in [5.74, 6) is 0.318. The maximum Gasteiger partial charge on any atom is 0.321 e. The number of ether oxygens (including phenoxy) is 2. The molecule has 10 nitrogen and oxygen atoms in total. The highest BCUT2D eigenvalue weighted by Crippen LogP contribution is 2.39. The molecule has 1 spiro atoms. The maximum absolute atomic E-state index is 13.8. The van der Waals surface area contributed by atoms with Crippen LogP contribution in [0.1, 0.15) is 19.3 Å². The van der Waals surface area contributed by atoms with Crippen LogP contribution < -0.4 is 20.3 Å². The van der Waals surface area contributed by atoms with Crippen molar-refractivity contribution in [2.45, 2.75) is 24.8 Å². The summed E-state index contributed by atoms with van der Waals surface area (Å²) in [4.78, 5) is 44.8. The first-order valence-electron chi connectivity index (χ1n) is 12.5. The Balaban J connectivity index is 1.45. The average Bonchev–Trinajstić information content (AvgIpc) is 3.18. The number of para-hydroxylation sites is 3. The van der Waals surface area contributed by atoms with Crippen molar-refractivity contribution in [2.75, 3.05) is 63.9 Å². The van der Waals surface area contributed by atoms with Gasteiger partial charge in [0.2, 0.25) is 5.91 Å². The van der Waals surface area contributed by atoms with E-state index in [-0.39, 0.29) is 24.4 Å². The monoisotopic (exact) mass is 509 g/mol. The largest absolute Gasteiger partial charge is 0.495 e. The molecule has 37 heavy (non-hydrogen) atoms. The van der Waals surface area contributed by atoms with Crippen molar-refractivity contribution in [3.05, 3.63) is 54.6 Å². The molecule has 0 unspecified atom stereocenters. The zero-order valence-electron chi connectivity index (χ0n) is 21.4. The summed E-state index contributed by atoms with van der Waals surface area (Å²) in [6.07, 6.45) is 1.64. The lowest BCUT2D eigenvalue weighted by molar-refractivity contribution is -0.137. The Bertz CT molecular complexity index is 1090. The molecule has 2 heterocycles. The molecule has 10 heteroatoms. The highest BCUT2D eigenvalue weighted by molar-refractivity contribution is 5.97. The minimum Gasteiger partial charge on any atom is -0.495 e. The van der Waals surface area contributed by atoms with Crippen LogP contribution in [-0.4, -0.2) is 86.9 Å². The zero-order valence-corrected chi connectivity index (χ0v) is 21.4. The Kier molecular flexibility index (Phi) is 8.50. The van der Waals surface area contributed by atoms with Crippen LogP contribution in [0.3, 0.4) is 0 Å². The van der Waals surface area contributed by atoms with E-state index in [1.165, 1.54) is 0 Å². The second kappa shape index (κ2) is 12.0. The first-order valence-corrected chi connectivity index (χ1v) is 12.5. The lowest BCUT2D eigenvalue weighted by atomic mass is 9.85. The summed E-state index contributed by atoms with van der Waals surface area (Å²) in [5.41, 5.74) is 0.713. The van der Waals surface area contributed by atoms with E-state index in [0.29, 0.717) is 63.6 Å². The normalized spacial score (nSPS) is 16.7. The molecule has 2 aliphatic heterocycles. The number of carbonyl (C=O) groups excluding carboxylic acids is 3. The van der Waals surface area contributed by atoms with Crippen LogP contribution in [-0.2, 0) is 14.3 Å². The summed E-state index contributed by atoms with van der Waals surface area (Å²) in [6, 6.07) is 16.8. The van der Waals surface area contributed by atoms with Crippen molar-refractivity contribution >= 4 is 29.2 Å². The van der Waals surface area contributed by atoms with Crippen LogP contribution in [0.5, 0.6) is 5.75 Å². The van der Waals surface area contributed by atoms with Gasteiger partial charge >= 0.3 is 6.03 Å². The minimum atomic E-state index is -0.807. The van der Waals surface area contributed by atoms with Gasteiger partial charge in [0.05, 0.1) is 19.5 Å². The molecule has 0 radical (unpaired) electrons. The number of likely N-dealkylation sites (tertiary alicyclic amines) is 1. The third-order valence-electron chi connectivity index (χ3n) is 6.99. The highest BCUT2D eigenvalue weighted by Gasteiger charge is 2.54. The number of benzene rings is 2. The van der Waals surface area contributed by atoms with E-state index in [1.807, 2.05) is 42.5 Å². The predicted octanol–water partition coefficient (Wildman–Crippen LogP) is 2.52. The zero-order chi connectivity index (χ0) is 26.3. The van der Waals surface area contributed by atoms with Crippen LogP contribution in [0.25, 0.3) is 0 Å². The van der Waals surface area contributed by atoms with E-state index in [0.717, 1.165) is 5.69 Å². The minimum absolute atomic E-state index is 0.00506. The topological polar surface area (TPSA) is 103 Å². The molecular formula is C27H35N5O5. The van der Waals surface area contributed by atoms with Gasteiger partial charge in [0.15, 0.2) is 0 Å². The molecule has 4 amide bonds. The van der Waals surface area contributed by atoms with Crippen molar-refractivity contribution in [3.63, 3.8) is 0 Å². The molecule has 4 rings (SSSR count). The lowest BCUT2D eigenvalue weighted by Crippen LogP contribution is -2.58. The Morgan fingerprint density at radius 2 is 1.70 bits per heavy atom. The summed E-state index contributed by atoms with van der Waals surface area (Å²) in [7, 11) is 3.18. The molecule has 0 bridgehead atoms. The summed E-state index contributed by atoms with van der Waals surface area (Å²) in [5, 5.41) is 5.78. The van der Waals surface area contributed by atoms with Gasteiger partial charge in [0.1, 0.15) is 17.8 Å². The van der Waals surface area contributed by atoms with Gasteiger partial charge in [-0.3, -0.25) is 9.59 Å². The molecule has 2 aromatic carbocycles. The van der Waals surface area contributed by atoms with Gasteiger partial charge in [-0.2, -0.15) is 0 Å². The number of piperidine rings is 1. The smallest absolute Gasteiger partial charge is 0.321 e. The molecule has 2 aromatic rings.